The van der Waals surface area contributed by atoms with Crippen LogP contribution < -0.4 is 16.0 Å². The van der Waals surface area contributed by atoms with Crippen molar-refractivity contribution in [2.45, 2.75) is 12.7 Å². The number of nitriles is 1. The Balaban J connectivity index is 1.80. The number of hydrogen-bond donors (Lipinski definition) is 1. The van der Waals surface area contributed by atoms with Crippen molar-refractivity contribution < 1.29 is 22.7 Å². The van der Waals surface area contributed by atoms with Crippen LogP contribution in [0.15, 0.2) is 53.6 Å². The van der Waals surface area contributed by atoms with E-state index in [4.69, 9.17) is 27.3 Å². The largest absolute Gasteiger partial charge is 0.451 e. The van der Waals surface area contributed by atoms with Gasteiger partial charge in [-0.2, -0.15) is 28.2 Å². The summed E-state index contributed by atoms with van der Waals surface area (Å²) in [6.45, 7) is 0.168. The van der Waals surface area contributed by atoms with Crippen LogP contribution >= 0.6 is 11.6 Å². The molecule has 10 nitrogen and oxygen atoms in total. The van der Waals surface area contributed by atoms with E-state index in [0.717, 1.165) is 21.5 Å². The smallest absolute Gasteiger partial charge is 0.420 e. The maximum Gasteiger partial charge on any atom is 0.420 e. The monoisotopic (exact) mass is 545 g/mol. The number of halogens is 4. The third-order valence-electron chi connectivity index (χ3n) is 5.46. The van der Waals surface area contributed by atoms with Crippen molar-refractivity contribution in [2.75, 3.05) is 20.1 Å². The van der Waals surface area contributed by atoms with Gasteiger partial charge in [0.05, 0.1) is 23.9 Å². The van der Waals surface area contributed by atoms with E-state index in [1.807, 2.05) is 6.07 Å². The summed E-state index contributed by atoms with van der Waals surface area (Å²) >= 11 is 5.94. The van der Waals surface area contributed by atoms with Gasteiger partial charge in [0.2, 0.25) is 5.75 Å². The topological polar surface area (TPSA) is 132 Å². The summed E-state index contributed by atoms with van der Waals surface area (Å²) in [5.74, 6) is -1.23. The lowest BCUT2D eigenvalue weighted by molar-refractivity contribution is -0.138. The quantitative estimate of drug-likeness (QED) is 0.389. The number of aromatic nitrogens is 4. The summed E-state index contributed by atoms with van der Waals surface area (Å²) in [7, 11) is 1.53. The predicted molar refractivity (Wildman–Crippen MR) is 131 cm³/mol. The van der Waals surface area contributed by atoms with Gasteiger partial charge in [-0.1, -0.05) is 11.6 Å². The summed E-state index contributed by atoms with van der Waals surface area (Å²) in [6, 6.07) is 8.85. The zero-order valence-corrected chi connectivity index (χ0v) is 20.5. The number of nitrogens with two attached hydrogens (primary N) is 1. The van der Waals surface area contributed by atoms with Crippen LogP contribution in [0.3, 0.4) is 0 Å². The Kier molecular flexibility index (Phi) is 7.38. The van der Waals surface area contributed by atoms with Crippen LogP contribution in [0, 0.1) is 11.3 Å². The second-order valence-corrected chi connectivity index (χ2v) is 8.54. The van der Waals surface area contributed by atoms with Crippen molar-refractivity contribution >= 4 is 28.7 Å². The van der Waals surface area contributed by atoms with Crippen LogP contribution in [-0.4, -0.2) is 50.4 Å². The molecule has 0 atom stereocenters. The molecule has 0 saturated heterocycles. The number of hydrogen-bond acceptors (Lipinski definition) is 7. The first-order valence-corrected chi connectivity index (χ1v) is 11.4. The van der Waals surface area contributed by atoms with Crippen LogP contribution in [0.5, 0.6) is 11.5 Å². The number of carbonyl (C=O) groups excluding carboxylic acids is 1. The molecule has 1 amide bonds. The minimum atomic E-state index is -4.91. The molecule has 2 N–H and O–H groups in total. The Morgan fingerprint density at radius 1 is 1.29 bits per heavy atom. The van der Waals surface area contributed by atoms with Gasteiger partial charge < -0.3 is 19.9 Å². The second-order valence-electron chi connectivity index (χ2n) is 8.10. The number of fused-ring (bicyclic) bond motifs is 1. The zero-order valence-electron chi connectivity index (χ0n) is 19.7. The summed E-state index contributed by atoms with van der Waals surface area (Å²) in [5.41, 5.74) is 3.55. The van der Waals surface area contributed by atoms with E-state index < -0.39 is 29.1 Å². The number of ether oxygens (including phenoxy) is 1. The molecule has 0 bridgehead atoms. The fraction of sp³-hybridized carbons (Fsp3) is 0.208. The number of likely N-dealkylation sites (N-methyl/N-ethyl adjacent to an activating group) is 1. The highest BCUT2D eigenvalue weighted by molar-refractivity contribution is 6.30. The van der Waals surface area contributed by atoms with Crippen molar-refractivity contribution in [3.63, 3.8) is 0 Å². The van der Waals surface area contributed by atoms with E-state index >= 15 is 0 Å². The first kappa shape index (κ1) is 26.6. The fourth-order valence-electron chi connectivity index (χ4n) is 3.68. The molecule has 196 valence electrons. The van der Waals surface area contributed by atoms with Crippen LogP contribution in [0.2, 0.25) is 5.02 Å². The third-order valence-corrected chi connectivity index (χ3v) is 5.68. The van der Waals surface area contributed by atoms with Crippen molar-refractivity contribution in [3.8, 4) is 17.6 Å². The van der Waals surface area contributed by atoms with Gasteiger partial charge in [0, 0.05) is 42.9 Å². The molecule has 4 rings (SSSR count). The summed E-state index contributed by atoms with van der Waals surface area (Å²) in [5, 5.41) is 13.9. The van der Waals surface area contributed by atoms with Gasteiger partial charge in [0.15, 0.2) is 5.65 Å². The van der Waals surface area contributed by atoms with Crippen LogP contribution in [-0.2, 0) is 12.7 Å². The Morgan fingerprint density at radius 3 is 2.74 bits per heavy atom. The Hall–Kier alpha value is -4.41. The number of pyridine rings is 2. The molecule has 0 saturated carbocycles. The van der Waals surface area contributed by atoms with E-state index in [1.165, 1.54) is 30.3 Å². The molecule has 38 heavy (non-hydrogen) atoms. The second kappa shape index (κ2) is 10.5. The molecule has 0 aliphatic rings. The van der Waals surface area contributed by atoms with Gasteiger partial charge in [0.1, 0.15) is 11.3 Å². The van der Waals surface area contributed by atoms with E-state index in [2.05, 4.69) is 10.1 Å². The minimum Gasteiger partial charge on any atom is -0.451 e. The average molecular weight is 546 g/mol. The lowest BCUT2D eigenvalue weighted by atomic mass is 10.2. The van der Waals surface area contributed by atoms with Crippen LogP contribution in [0.25, 0.3) is 11.0 Å². The first-order chi connectivity index (χ1) is 18.0. The standard InChI is InChI=1S/C24H19ClF3N7O3/c1-33(8-5-29)23(37)35-21-17(3-2-6-31-21)19(32-35)13-34-7-4-18(24(26,27)28)20(22(34)36)38-16-10-14(12-30)9-15(25)11-16/h2-4,6-7,9-11H,5,8,13,29H2,1H3. The van der Waals surface area contributed by atoms with Gasteiger partial charge in [-0.25, -0.2) is 9.78 Å². The lowest BCUT2D eigenvalue weighted by Gasteiger charge is -2.16. The zero-order chi connectivity index (χ0) is 27.6. The lowest BCUT2D eigenvalue weighted by Crippen LogP contribution is -2.35. The van der Waals surface area contributed by atoms with Crippen LogP contribution in [0.1, 0.15) is 16.8 Å². The molecule has 3 heterocycles. The Morgan fingerprint density at radius 2 is 2.05 bits per heavy atom. The van der Waals surface area contributed by atoms with Crippen molar-refractivity contribution in [1.82, 2.24) is 24.2 Å². The van der Waals surface area contributed by atoms with Crippen molar-refractivity contribution in [1.29, 1.82) is 5.26 Å². The highest BCUT2D eigenvalue weighted by Crippen LogP contribution is 2.36. The van der Waals surface area contributed by atoms with E-state index in [-0.39, 0.29) is 47.3 Å². The molecular weight excluding hydrogens is 527 g/mol. The Bertz CT molecular complexity index is 1630. The van der Waals surface area contributed by atoms with E-state index in [9.17, 15) is 22.8 Å². The number of rotatable bonds is 6. The number of nitrogens with zero attached hydrogens (tertiary/aromatic N) is 6. The molecule has 1 aromatic carbocycles. The van der Waals surface area contributed by atoms with Crippen LogP contribution in [0.4, 0.5) is 18.0 Å². The maximum atomic E-state index is 13.8. The number of amides is 1. The average Bonchev–Trinajstić information content (AvgIpc) is 3.23. The highest BCUT2D eigenvalue weighted by atomic mass is 35.5. The molecule has 0 spiro atoms. The molecule has 0 aliphatic carbocycles. The normalized spacial score (nSPS) is 11.4. The molecule has 0 unspecified atom stereocenters. The maximum absolute atomic E-state index is 13.8. The highest BCUT2D eigenvalue weighted by Gasteiger charge is 2.37. The van der Waals surface area contributed by atoms with Gasteiger partial charge in [-0.15, -0.1) is 0 Å². The fourth-order valence-corrected chi connectivity index (χ4v) is 3.90. The van der Waals surface area contributed by atoms with Crippen molar-refractivity contribution in [2.24, 2.45) is 5.73 Å². The third kappa shape index (κ3) is 5.31. The summed E-state index contributed by atoms with van der Waals surface area (Å²) < 4.78 is 48.7. The van der Waals surface area contributed by atoms with Gasteiger partial charge in [-0.3, -0.25) is 4.79 Å². The first-order valence-electron chi connectivity index (χ1n) is 11.0. The molecule has 3 aromatic heterocycles. The SMILES string of the molecule is CN(CCN)C(=O)n1nc(Cn2ccc(C(F)(F)F)c(Oc3cc(Cl)cc(C#N)c3)c2=O)c2cccnc21. The van der Waals surface area contributed by atoms with Gasteiger partial charge >= 0.3 is 12.2 Å². The van der Waals surface area contributed by atoms with Gasteiger partial charge in [0.25, 0.3) is 5.56 Å². The molecule has 14 heteroatoms. The Labute approximate surface area is 218 Å². The molecule has 0 radical (unpaired) electrons. The number of carbonyl (C=O) groups is 1. The molecule has 4 aromatic rings. The van der Waals surface area contributed by atoms with Crippen molar-refractivity contribution in [3.05, 3.63) is 81.0 Å². The number of alkyl halides is 3. The molecular formula is C24H19ClF3N7O3. The van der Waals surface area contributed by atoms with Gasteiger partial charge in [-0.05, 0) is 36.4 Å². The van der Waals surface area contributed by atoms with E-state index in [0.29, 0.717) is 11.5 Å². The molecule has 0 aliphatic heterocycles. The predicted octanol–water partition coefficient (Wildman–Crippen LogP) is 3.84. The number of benzene rings is 1. The minimum absolute atomic E-state index is 0.0334. The summed E-state index contributed by atoms with van der Waals surface area (Å²) in [4.78, 5) is 31.6. The van der Waals surface area contributed by atoms with E-state index in [1.54, 1.807) is 12.1 Å². The summed E-state index contributed by atoms with van der Waals surface area (Å²) in [6.07, 6.45) is -2.50. The molecule has 0 fully saturated rings.